The van der Waals surface area contributed by atoms with Gasteiger partial charge in [-0.15, -0.1) is 0 Å². The molecule has 6 heteroatoms. The molecule has 2 aliphatic heterocycles. The first-order chi connectivity index (χ1) is 14.6. The Balaban J connectivity index is 1.73. The molecule has 6 nitrogen and oxygen atoms in total. The topological polar surface area (TPSA) is 82.3 Å². The molecule has 0 unspecified atom stereocenters. The third kappa shape index (κ3) is 6.57. The van der Waals surface area contributed by atoms with Crippen molar-refractivity contribution in [1.82, 2.24) is 21.3 Å². The molecule has 3 aliphatic rings. The van der Waals surface area contributed by atoms with Crippen molar-refractivity contribution in [2.24, 2.45) is 0 Å². The summed E-state index contributed by atoms with van der Waals surface area (Å²) < 4.78 is 0. The van der Waals surface area contributed by atoms with Crippen molar-refractivity contribution in [3.05, 3.63) is 11.1 Å². The molecule has 0 aromatic rings. The van der Waals surface area contributed by atoms with Crippen molar-refractivity contribution in [3.8, 4) is 0 Å². The molecule has 182 valence electrons. The lowest BCUT2D eigenvalue weighted by atomic mass is 9.79. The van der Waals surface area contributed by atoms with Crippen molar-refractivity contribution in [2.75, 3.05) is 0 Å². The fraction of sp³-hybridized carbons (Fsp3) is 0.846. The van der Waals surface area contributed by atoms with Crippen LogP contribution in [0.3, 0.4) is 0 Å². The van der Waals surface area contributed by atoms with Gasteiger partial charge in [0.05, 0.1) is 0 Å². The summed E-state index contributed by atoms with van der Waals surface area (Å²) in [4.78, 5) is 26.6. The van der Waals surface area contributed by atoms with E-state index in [9.17, 15) is 9.59 Å². The lowest BCUT2D eigenvalue weighted by Crippen LogP contribution is -2.62. The molecule has 0 radical (unpaired) electrons. The van der Waals surface area contributed by atoms with E-state index in [0.717, 1.165) is 38.5 Å². The molecular weight excluding hydrogens is 400 g/mol. The fourth-order valence-electron chi connectivity index (χ4n) is 6.80. The smallest absolute Gasteiger partial charge is 0.247 e. The molecule has 0 aromatic carbocycles. The Morgan fingerprint density at radius 2 is 0.906 bits per heavy atom. The Bertz CT molecular complexity index is 683. The lowest BCUT2D eigenvalue weighted by Gasteiger charge is -2.47. The second kappa shape index (κ2) is 8.75. The molecule has 0 spiro atoms. The molecule has 0 atom stereocenters. The van der Waals surface area contributed by atoms with Crippen LogP contribution >= 0.6 is 0 Å². The summed E-state index contributed by atoms with van der Waals surface area (Å²) in [6, 6.07) is 0.219. The van der Waals surface area contributed by atoms with Crippen LogP contribution < -0.4 is 21.3 Å². The van der Waals surface area contributed by atoms with Crippen LogP contribution in [0.5, 0.6) is 0 Å². The molecule has 2 fully saturated rings. The third-order valence-electron chi connectivity index (χ3n) is 7.07. The zero-order chi connectivity index (χ0) is 23.9. The normalized spacial score (nSPS) is 27.6. The summed E-state index contributed by atoms with van der Waals surface area (Å²) in [6.07, 6.45) is 6.86. The molecule has 2 amide bonds. The van der Waals surface area contributed by atoms with E-state index in [2.05, 4.69) is 76.7 Å². The highest BCUT2D eigenvalue weighted by molar-refractivity contribution is 6.05. The zero-order valence-corrected chi connectivity index (χ0v) is 21.6. The summed E-state index contributed by atoms with van der Waals surface area (Å²) in [5, 5.41) is 13.9. The number of piperidine rings is 2. The van der Waals surface area contributed by atoms with Gasteiger partial charge in [-0.25, -0.2) is 0 Å². The molecular formula is C26H46N4O2. The summed E-state index contributed by atoms with van der Waals surface area (Å²) >= 11 is 0. The van der Waals surface area contributed by atoms with Gasteiger partial charge in [0.2, 0.25) is 11.8 Å². The van der Waals surface area contributed by atoms with Crippen LogP contribution in [0.4, 0.5) is 0 Å². The van der Waals surface area contributed by atoms with E-state index in [1.807, 2.05) is 0 Å². The maximum Gasteiger partial charge on any atom is 0.247 e. The quantitative estimate of drug-likeness (QED) is 0.531. The van der Waals surface area contributed by atoms with Crippen molar-refractivity contribution >= 4 is 11.8 Å². The first-order valence-corrected chi connectivity index (χ1v) is 12.5. The fourth-order valence-corrected chi connectivity index (χ4v) is 6.80. The summed E-state index contributed by atoms with van der Waals surface area (Å²) in [5.41, 5.74) is 1.28. The maximum atomic E-state index is 13.3. The number of hydrogen-bond acceptors (Lipinski definition) is 4. The van der Waals surface area contributed by atoms with E-state index in [4.69, 9.17) is 0 Å². The van der Waals surface area contributed by atoms with Crippen LogP contribution in [0.2, 0.25) is 0 Å². The molecule has 4 N–H and O–H groups in total. The predicted molar refractivity (Wildman–Crippen MR) is 130 cm³/mol. The van der Waals surface area contributed by atoms with Crippen molar-refractivity contribution in [3.63, 3.8) is 0 Å². The third-order valence-corrected chi connectivity index (χ3v) is 7.07. The van der Waals surface area contributed by atoms with Crippen LogP contribution in [0.1, 0.15) is 107 Å². The first-order valence-electron chi connectivity index (χ1n) is 12.5. The van der Waals surface area contributed by atoms with Gasteiger partial charge < -0.3 is 21.3 Å². The number of carbonyl (C=O) groups is 2. The summed E-state index contributed by atoms with van der Waals surface area (Å²) in [7, 11) is 0. The van der Waals surface area contributed by atoms with E-state index in [1.54, 1.807) is 0 Å². The summed E-state index contributed by atoms with van der Waals surface area (Å²) in [6.45, 7) is 17.5. The molecule has 2 heterocycles. The van der Waals surface area contributed by atoms with Gasteiger partial charge in [0.15, 0.2) is 0 Å². The van der Waals surface area contributed by atoms with E-state index in [0.29, 0.717) is 24.0 Å². The number of carbonyl (C=O) groups excluding carboxylic acids is 2. The Morgan fingerprint density at radius 3 is 1.19 bits per heavy atom. The highest BCUT2D eigenvalue weighted by Crippen LogP contribution is 2.32. The van der Waals surface area contributed by atoms with Crippen molar-refractivity contribution in [2.45, 2.75) is 141 Å². The average Bonchev–Trinajstić information content (AvgIpc) is 2.55. The van der Waals surface area contributed by atoms with Crippen LogP contribution in [0.15, 0.2) is 11.1 Å². The average molecular weight is 447 g/mol. The minimum Gasteiger partial charge on any atom is -0.349 e. The van der Waals surface area contributed by atoms with Gasteiger partial charge in [-0.05, 0) is 107 Å². The largest absolute Gasteiger partial charge is 0.349 e. The standard InChI is InChI=1S/C26H46N4O2/c1-23(2)13-17(14-24(3,4)29-23)27-21(31)19-11-9-10-12-20(19)22(32)28-18-15-25(5,6)30-26(7,8)16-18/h17-18,29-30H,9-16H2,1-8H3,(H,27,31)(H,28,32). The van der Waals surface area contributed by atoms with Gasteiger partial charge in [0.25, 0.3) is 0 Å². The van der Waals surface area contributed by atoms with Gasteiger partial charge >= 0.3 is 0 Å². The van der Waals surface area contributed by atoms with Crippen LogP contribution in [0, 0.1) is 0 Å². The van der Waals surface area contributed by atoms with Crippen LogP contribution in [0.25, 0.3) is 0 Å². The highest BCUT2D eigenvalue weighted by Gasteiger charge is 2.40. The van der Waals surface area contributed by atoms with E-state index < -0.39 is 0 Å². The minimum absolute atomic E-state index is 0.0323. The highest BCUT2D eigenvalue weighted by atomic mass is 16.2. The van der Waals surface area contributed by atoms with E-state index in [-0.39, 0.29) is 46.1 Å². The number of rotatable bonds is 4. The number of amides is 2. The van der Waals surface area contributed by atoms with Crippen LogP contribution in [-0.2, 0) is 9.59 Å². The lowest BCUT2D eigenvalue weighted by molar-refractivity contribution is -0.122. The first kappa shape index (κ1) is 25.2. The molecule has 0 aromatic heterocycles. The Morgan fingerprint density at radius 1 is 0.625 bits per heavy atom. The van der Waals surface area contributed by atoms with Gasteiger partial charge in [-0.2, -0.15) is 0 Å². The van der Waals surface area contributed by atoms with E-state index in [1.165, 1.54) is 0 Å². The molecule has 32 heavy (non-hydrogen) atoms. The number of hydrogen-bond donors (Lipinski definition) is 4. The second-order valence-electron chi connectivity index (χ2n) is 13.1. The predicted octanol–water partition coefficient (Wildman–Crippen LogP) is 3.71. The van der Waals surface area contributed by atoms with E-state index >= 15 is 0 Å². The Hall–Kier alpha value is -1.40. The van der Waals surface area contributed by atoms with Gasteiger partial charge in [-0.3, -0.25) is 9.59 Å². The van der Waals surface area contributed by atoms with Gasteiger partial charge in [0.1, 0.15) is 0 Å². The Kier molecular flexibility index (Phi) is 6.90. The Labute approximate surface area is 195 Å². The molecule has 0 saturated carbocycles. The molecule has 3 rings (SSSR count). The SMILES string of the molecule is CC1(C)CC(NC(=O)C2=C(C(=O)NC3CC(C)(C)NC(C)(C)C3)CCCC2)CC(C)(C)N1. The second-order valence-corrected chi connectivity index (χ2v) is 13.1. The zero-order valence-electron chi connectivity index (χ0n) is 21.6. The number of nitrogens with one attached hydrogen (secondary N) is 4. The van der Waals surface area contributed by atoms with Crippen molar-refractivity contribution < 1.29 is 9.59 Å². The van der Waals surface area contributed by atoms with Gasteiger partial charge in [0, 0.05) is 45.4 Å². The molecule has 1 aliphatic carbocycles. The molecule has 2 saturated heterocycles. The monoisotopic (exact) mass is 446 g/mol. The summed E-state index contributed by atoms with van der Waals surface area (Å²) in [5.74, 6) is -0.0846. The minimum atomic E-state index is -0.0423. The van der Waals surface area contributed by atoms with Crippen molar-refractivity contribution in [1.29, 1.82) is 0 Å². The molecule has 0 bridgehead atoms. The maximum absolute atomic E-state index is 13.3. The van der Waals surface area contributed by atoms with Crippen LogP contribution in [-0.4, -0.2) is 46.1 Å². The van der Waals surface area contributed by atoms with Gasteiger partial charge in [-0.1, -0.05) is 0 Å².